The van der Waals surface area contributed by atoms with Crippen LogP contribution in [-0.2, 0) is 19.4 Å². The van der Waals surface area contributed by atoms with E-state index >= 15 is 0 Å². The zero-order valence-electron chi connectivity index (χ0n) is 12.2. The van der Waals surface area contributed by atoms with Crippen molar-refractivity contribution in [3.8, 4) is 0 Å². The second-order valence-corrected chi connectivity index (χ2v) is 5.53. The normalized spacial score (nSPS) is 14.0. The number of nitrogens with one attached hydrogen (secondary N) is 2. The number of benzene rings is 2. The van der Waals surface area contributed by atoms with Crippen LogP contribution < -0.4 is 10.6 Å². The Labute approximate surface area is 125 Å². The van der Waals surface area contributed by atoms with Gasteiger partial charge in [-0.25, -0.2) is 0 Å². The molecule has 0 aliphatic heterocycles. The third kappa shape index (κ3) is 3.14. The lowest BCUT2D eigenvalue weighted by atomic mass is 10.1. The Morgan fingerprint density at radius 1 is 1.05 bits per heavy atom. The van der Waals surface area contributed by atoms with E-state index in [9.17, 15) is 4.79 Å². The average Bonchev–Trinajstić information content (AvgIpc) is 2.95. The molecule has 1 aliphatic carbocycles. The number of rotatable bonds is 4. The molecule has 3 heteroatoms. The second kappa shape index (κ2) is 6.10. The third-order valence-electron chi connectivity index (χ3n) is 4.09. The lowest BCUT2D eigenvalue weighted by Crippen LogP contribution is -2.29. The molecule has 0 radical (unpaired) electrons. The van der Waals surface area contributed by atoms with E-state index in [1.807, 2.05) is 24.3 Å². The molecule has 0 aromatic heterocycles. The molecule has 21 heavy (non-hydrogen) atoms. The maximum atomic E-state index is 11.5. The first-order valence-corrected chi connectivity index (χ1v) is 7.37. The van der Waals surface area contributed by atoms with E-state index in [1.54, 1.807) is 7.05 Å². The topological polar surface area (TPSA) is 41.1 Å². The fourth-order valence-corrected chi connectivity index (χ4v) is 2.88. The van der Waals surface area contributed by atoms with Gasteiger partial charge in [0.15, 0.2) is 0 Å². The molecule has 3 nitrogen and oxygen atoms in total. The van der Waals surface area contributed by atoms with Crippen molar-refractivity contribution in [2.24, 2.45) is 0 Å². The average molecular weight is 280 g/mol. The Balaban J connectivity index is 1.56. The number of carbonyl (C=O) groups excluding carboxylic acids is 1. The molecule has 2 aromatic carbocycles. The number of amides is 1. The van der Waals surface area contributed by atoms with Gasteiger partial charge in [-0.3, -0.25) is 4.79 Å². The Hall–Kier alpha value is -2.13. The molecule has 0 unspecified atom stereocenters. The molecule has 1 aliphatic rings. The molecule has 0 bridgehead atoms. The molecule has 1 amide bonds. The van der Waals surface area contributed by atoms with Gasteiger partial charge >= 0.3 is 0 Å². The molecule has 108 valence electrons. The van der Waals surface area contributed by atoms with Crippen molar-refractivity contribution in [1.82, 2.24) is 10.6 Å². The summed E-state index contributed by atoms with van der Waals surface area (Å²) in [4.78, 5) is 11.5. The van der Waals surface area contributed by atoms with Crippen molar-refractivity contribution in [2.45, 2.75) is 25.4 Å². The summed E-state index contributed by atoms with van der Waals surface area (Å²) in [6.45, 7) is 0.840. The minimum atomic E-state index is -0.0410. The first kappa shape index (κ1) is 13.8. The van der Waals surface area contributed by atoms with Crippen LogP contribution in [0.4, 0.5) is 0 Å². The van der Waals surface area contributed by atoms with Gasteiger partial charge in [-0.2, -0.15) is 0 Å². The second-order valence-electron chi connectivity index (χ2n) is 5.53. The Morgan fingerprint density at radius 3 is 2.24 bits per heavy atom. The molecule has 0 saturated heterocycles. The van der Waals surface area contributed by atoms with Crippen LogP contribution in [0.5, 0.6) is 0 Å². The molecule has 0 heterocycles. The summed E-state index contributed by atoms with van der Waals surface area (Å²) in [5.74, 6) is -0.0410. The SMILES string of the molecule is CNC(=O)c1ccc(CNC2Cc3ccccc3C2)cc1. The van der Waals surface area contributed by atoms with Crippen molar-refractivity contribution >= 4 is 5.91 Å². The van der Waals surface area contributed by atoms with Crippen LogP contribution >= 0.6 is 0 Å². The van der Waals surface area contributed by atoms with Gasteiger partial charge < -0.3 is 10.6 Å². The van der Waals surface area contributed by atoms with E-state index in [-0.39, 0.29) is 5.91 Å². The van der Waals surface area contributed by atoms with Gasteiger partial charge in [0, 0.05) is 25.2 Å². The summed E-state index contributed by atoms with van der Waals surface area (Å²) >= 11 is 0. The number of hydrogen-bond donors (Lipinski definition) is 2. The van der Waals surface area contributed by atoms with E-state index in [4.69, 9.17) is 0 Å². The monoisotopic (exact) mass is 280 g/mol. The van der Waals surface area contributed by atoms with Crippen LogP contribution in [0, 0.1) is 0 Å². The maximum absolute atomic E-state index is 11.5. The maximum Gasteiger partial charge on any atom is 0.251 e. The van der Waals surface area contributed by atoms with Crippen LogP contribution in [0.3, 0.4) is 0 Å². The molecular formula is C18H20N2O. The van der Waals surface area contributed by atoms with Gasteiger partial charge in [0.1, 0.15) is 0 Å². The van der Waals surface area contributed by atoms with E-state index in [0.717, 1.165) is 19.4 Å². The lowest BCUT2D eigenvalue weighted by molar-refractivity contribution is 0.0963. The van der Waals surface area contributed by atoms with Gasteiger partial charge in [0.25, 0.3) is 5.91 Å². The zero-order chi connectivity index (χ0) is 14.7. The molecular weight excluding hydrogens is 260 g/mol. The minimum Gasteiger partial charge on any atom is -0.355 e. The van der Waals surface area contributed by atoms with Gasteiger partial charge in [-0.05, 0) is 41.7 Å². The fraction of sp³-hybridized carbons (Fsp3) is 0.278. The van der Waals surface area contributed by atoms with Gasteiger partial charge in [-0.15, -0.1) is 0 Å². The first-order valence-electron chi connectivity index (χ1n) is 7.37. The molecule has 0 fully saturated rings. The molecule has 0 saturated carbocycles. The smallest absolute Gasteiger partial charge is 0.251 e. The summed E-state index contributed by atoms with van der Waals surface area (Å²) in [6.07, 6.45) is 2.21. The van der Waals surface area contributed by atoms with Gasteiger partial charge in [0.05, 0.1) is 0 Å². The van der Waals surface area contributed by atoms with Crippen LogP contribution in [0.25, 0.3) is 0 Å². The summed E-state index contributed by atoms with van der Waals surface area (Å²) in [7, 11) is 1.65. The minimum absolute atomic E-state index is 0.0410. The highest BCUT2D eigenvalue weighted by Crippen LogP contribution is 2.21. The Morgan fingerprint density at radius 2 is 1.67 bits per heavy atom. The molecule has 0 atom stereocenters. The highest BCUT2D eigenvalue weighted by atomic mass is 16.1. The quantitative estimate of drug-likeness (QED) is 0.902. The van der Waals surface area contributed by atoms with Crippen molar-refractivity contribution in [3.05, 3.63) is 70.8 Å². The van der Waals surface area contributed by atoms with E-state index < -0.39 is 0 Å². The summed E-state index contributed by atoms with van der Waals surface area (Å²) in [6, 6.07) is 16.9. The van der Waals surface area contributed by atoms with Crippen LogP contribution in [0.15, 0.2) is 48.5 Å². The van der Waals surface area contributed by atoms with Gasteiger partial charge in [0.2, 0.25) is 0 Å². The van der Waals surface area contributed by atoms with Crippen molar-refractivity contribution in [3.63, 3.8) is 0 Å². The predicted molar refractivity (Wildman–Crippen MR) is 84.3 cm³/mol. The van der Waals surface area contributed by atoms with Crippen LogP contribution in [-0.4, -0.2) is 19.0 Å². The van der Waals surface area contributed by atoms with Crippen molar-refractivity contribution in [1.29, 1.82) is 0 Å². The fourth-order valence-electron chi connectivity index (χ4n) is 2.88. The Kier molecular flexibility index (Phi) is 4.02. The largest absolute Gasteiger partial charge is 0.355 e. The lowest BCUT2D eigenvalue weighted by Gasteiger charge is -2.12. The van der Waals surface area contributed by atoms with E-state index in [0.29, 0.717) is 11.6 Å². The highest BCUT2D eigenvalue weighted by Gasteiger charge is 2.19. The summed E-state index contributed by atoms with van der Waals surface area (Å²) in [5.41, 5.74) is 4.84. The van der Waals surface area contributed by atoms with Crippen molar-refractivity contribution in [2.75, 3.05) is 7.05 Å². The highest BCUT2D eigenvalue weighted by molar-refractivity contribution is 5.93. The molecule has 2 N–H and O–H groups in total. The molecule has 0 spiro atoms. The summed E-state index contributed by atoms with van der Waals surface area (Å²) < 4.78 is 0. The number of carbonyl (C=O) groups is 1. The number of hydrogen-bond acceptors (Lipinski definition) is 2. The standard InChI is InChI=1S/C18H20N2O/c1-19-18(21)14-8-6-13(7-9-14)12-20-17-10-15-4-2-3-5-16(15)11-17/h2-9,17,20H,10-12H2,1H3,(H,19,21). The first-order chi connectivity index (χ1) is 10.3. The molecule has 3 rings (SSSR count). The Bertz CT molecular complexity index is 609. The van der Waals surface area contributed by atoms with Crippen molar-refractivity contribution < 1.29 is 4.79 Å². The van der Waals surface area contributed by atoms with E-state index in [1.165, 1.54) is 16.7 Å². The summed E-state index contributed by atoms with van der Waals surface area (Å²) in [5, 5.41) is 6.24. The molecule has 2 aromatic rings. The van der Waals surface area contributed by atoms with Crippen LogP contribution in [0.2, 0.25) is 0 Å². The van der Waals surface area contributed by atoms with Crippen LogP contribution in [0.1, 0.15) is 27.0 Å². The van der Waals surface area contributed by atoms with E-state index in [2.05, 4.69) is 34.9 Å². The van der Waals surface area contributed by atoms with Gasteiger partial charge in [-0.1, -0.05) is 36.4 Å². The third-order valence-corrected chi connectivity index (χ3v) is 4.09. The zero-order valence-corrected chi connectivity index (χ0v) is 12.2. The predicted octanol–water partition coefficient (Wildman–Crippen LogP) is 2.30. The number of fused-ring (bicyclic) bond motifs is 1.